The first-order valence-corrected chi connectivity index (χ1v) is 9.14. The molecule has 2 rings (SSSR count). The Morgan fingerprint density at radius 1 is 1.24 bits per heavy atom. The number of aryl methyl sites for hydroxylation is 1. The van der Waals surface area contributed by atoms with Crippen molar-refractivity contribution in [3.05, 3.63) is 28.8 Å². The van der Waals surface area contributed by atoms with Crippen molar-refractivity contribution in [3.63, 3.8) is 0 Å². The maximum Gasteiger partial charge on any atom is 0.243 e. The minimum Gasteiger partial charge on any atom is -0.326 e. The zero-order valence-corrected chi connectivity index (χ0v) is 14.0. The lowest BCUT2D eigenvalue weighted by atomic mass is 10.1. The summed E-state index contributed by atoms with van der Waals surface area (Å²) in [6.45, 7) is 6.82. The van der Waals surface area contributed by atoms with E-state index in [1.807, 2.05) is 26.8 Å². The Hall–Kier alpha value is -0.910. The highest BCUT2D eigenvalue weighted by Gasteiger charge is 2.31. The van der Waals surface area contributed by atoms with Gasteiger partial charge in [0.1, 0.15) is 0 Å². The molecule has 0 aliphatic carbocycles. The summed E-state index contributed by atoms with van der Waals surface area (Å²) in [5.41, 5.74) is 8.40. The van der Waals surface area contributed by atoms with Gasteiger partial charge in [-0.3, -0.25) is 0 Å². The van der Waals surface area contributed by atoms with Crippen molar-refractivity contribution in [2.45, 2.75) is 63.9 Å². The second-order valence-corrected chi connectivity index (χ2v) is 7.91. The van der Waals surface area contributed by atoms with Crippen LogP contribution in [0.1, 0.15) is 49.3 Å². The summed E-state index contributed by atoms with van der Waals surface area (Å²) in [5.74, 6) is 0. The lowest BCUT2D eigenvalue weighted by Gasteiger charge is -2.27. The maximum absolute atomic E-state index is 13.1. The van der Waals surface area contributed by atoms with E-state index in [4.69, 9.17) is 5.73 Å². The van der Waals surface area contributed by atoms with Gasteiger partial charge in [-0.2, -0.15) is 4.31 Å². The van der Waals surface area contributed by atoms with Gasteiger partial charge in [-0.1, -0.05) is 18.9 Å². The lowest BCUT2D eigenvalue weighted by molar-refractivity contribution is 0.342. The molecule has 1 aliphatic heterocycles. The van der Waals surface area contributed by atoms with Crippen LogP contribution in [0.3, 0.4) is 0 Å². The molecule has 0 spiro atoms. The molecular formula is C16H26N2O2S. The van der Waals surface area contributed by atoms with Crippen molar-refractivity contribution in [2.75, 3.05) is 6.54 Å². The summed E-state index contributed by atoms with van der Waals surface area (Å²) < 4.78 is 27.8. The second-order valence-electron chi connectivity index (χ2n) is 6.05. The lowest BCUT2D eigenvalue weighted by Crippen LogP contribution is -2.38. The van der Waals surface area contributed by atoms with Crippen LogP contribution in [0.2, 0.25) is 0 Å². The van der Waals surface area contributed by atoms with Crippen molar-refractivity contribution in [3.8, 4) is 0 Å². The highest BCUT2D eigenvalue weighted by molar-refractivity contribution is 7.89. The predicted molar refractivity (Wildman–Crippen MR) is 85.6 cm³/mol. The maximum atomic E-state index is 13.1. The van der Waals surface area contributed by atoms with E-state index >= 15 is 0 Å². The van der Waals surface area contributed by atoms with Crippen LogP contribution in [0.15, 0.2) is 17.0 Å². The van der Waals surface area contributed by atoms with Crippen molar-refractivity contribution in [1.29, 1.82) is 0 Å². The van der Waals surface area contributed by atoms with Gasteiger partial charge >= 0.3 is 0 Å². The first-order chi connectivity index (χ1) is 9.87. The number of nitrogens with two attached hydrogens (primary N) is 1. The molecule has 1 saturated heterocycles. The van der Waals surface area contributed by atoms with Gasteiger partial charge in [-0.25, -0.2) is 8.42 Å². The SMILES string of the molecule is Cc1cc(CN)cc(S(=O)(=O)N2CCCCCC2C)c1C. The molecule has 0 saturated carbocycles. The third kappa shape index (κ3) is 3.30. The summed E-state index contributed by atoms with van der Waals surface area (Å²) in [6, 6.07) is 3.79. The second kappa shape index (κ2) is 6.46. The van der Waals surface area contributed by atoms with Gasteiger partial charge in [0.2, 0.25) is 10.0 Å². The van der Waals surface area contributed by atoms with Crippen molar-refractivity contribution in [2.24, 2.45) is 5.73 Å². The summed E-state index contributed by atoms with van der Waals surface area (Å²) in [4.78, 5) is 0.427. The average Bonchev–Trinajstić information content (AvgIpc) is 2.66. The van der Waals surface area contributed by atoms with Crippen LogP contribution in [-0.4, -0.2) is 25.3 Å². The van der Waals surface area contributed by atoms with Crippen LogP contribution in [0.5, 0.6) is 0 Å². The van der Waals surface area contributed by atoms with E-state index in [1.165, 1.54) is 0 Å². The van der Waals surface area contributed by atoms with E-state index < -0.39 is 10.0 Å². The monoisotopic (exact) mass is 310 g/mol. The molecule has 2 N–H and O–H groups in total. The Bertz CT molecular complexity index is 611. The summed E-state index contributed by atoms with van der Waals surface area (Å²) in [7, 11) is -3.44. The number of nitrogens with zero attached hydrogens (tertiary/aromatic N) is 1. The van der Waals surface area contributed by atoms with Crippen molar-refractivity contribution >= 4 is 10.0 Å². The first kappa shape index (κ1) is 16.5. The summed E-state index contributed by atoms with van der Waals surface area (Å²) in [5, 5.41) is 0. The summed E-state index contributed by atoms with van der Waals surface area (Å²) >= 11 is 0. The number of hydrogen-bond acceptors (Lipinski definition) is 3. The highest BCUT2D eigenvalue weighted by atomic mass is 32.2. The molecule has 0 aromatic heterocycles. The van der Waals surface area contributed by atoms with E-state index in [1.54, 1.807) is 10.4 Å². The quantitative estimate of drug-likeness (QED) is 0.933. The molecular weight excluding hydrogens is 284 g/mol. The minimum absolute atomic E-state index is 0.0683. The molecule has 118 valence electrons. The van der Waals surface area contributed by atoms with Gasteiger partial charge in [0, 0.05) is 19.1 Å². The van der Waals surface area contributed by atoms with Gasteiger partial charge < -0.3 is 5.73 Å². The van der Waals surface area contributed by atoms with Gasteiger partial charge in [0.05, 0.1) is 4.90 Å². The molecule has 0 radical (unpaired) electrons. The number of hydrogen-bond donors (Lipinski definition) is 1. The van der Waals surface area contributed by atoms with Crippen molar-refractivity contribution < 1.29 is 8.42 Å². The molecule has 1 aromatic carbocycles. The number of sulfonamides is 1. The van der Waals surface area contributed by atoms with E-state index in [-0.39, 0.29) is 6.04 Å². The third-order valence-corrected chi connectivity index (χ3v) is 6.63. The molecule has 0 amide bonds. The molecule has 4 nitrogen and oxygen atoms in total. The fourth-order valence-electron chi connectivity index (χ4n) is 3.02. The smallest absolute Gasteiger partial charge is 0.243 e. The van der Waals surface area contributed by atoms with Crippen LogP contribution in [0, 0.1) is 13.8 Å². The molecule has 1 unspecified atom stereocenters. The van der Waals surface area contributed by atoms with Crippen LogP contribution in [0.4, 0.5) is 0 Å². The molecule has 1 aliphatic rings. The van der Waals surface area contributed by atoms with Crippen LogP contribution < -0.4 is 5.73 Å². The topological polar surface area (TPSA) is 63.4 Å². The molecule has 1 heterocycles. The number of rotatable bonds is 3. The van der Waals surface area contributed by atoms with E-state index in [0.29, 0.717) is 18.0 Å². The fraction of sp³-hybridized carbons (Fsp3) is 0.625. The molecule has 21 heavy (non-hydrogen) atoms. The van der Waals surface area contributed by atoms with E-state index in [0.717, 1.165) is 42.4 Å². The Kier molecular flexibility index (Phi) is 5.07. The molecule has 1 fully saturated rings. The summed E-state index contributed by atoms with van der Waals surface area (Å²) in [6.07, 6.45) is 4.09. The van der Waals surface area contributed by atoms with E-state index in [9.17, 15) is 8.42 Å². The Morgan fingerprint density at radius 3 is 2.62 bits per heavy atom. The van der Waals surface area contributed by atoms with Crippen molar-refractivity contribution in [1.82, 2.24) is 4.31 Å². The Morgan fingerprint density at radius 2 is 1.95 bits per heavy atom. The van der Waals surface area contributed by atoms with Crippen LogP contribution in [0.25, 0.3) is 0 Å². The van der Waals surface area contributed by atoms with Crippen LogP contribution in [-0.2, 0) is 16.6 Å². The first-order valence-electron chi connectivity index (χ1n) is 7.70. The predicted octanol–water partition coefficient (Wildman–Crippen LogP) is 2.72. The zero-order chi connectivity index (χ0) is 15.6. The Balaban J connectivity index is 2.50. The molecule has 5 heteroatoms. The van der Waals surface area contributed by atoms with Gasteiger partial charge in [-0.05, 0) is 56.4 Å². The fourth-order valence-corrected chi connectivity index (χ4v) is 5.07. The van der Waals surface area contributed by atoms with Gasteiger partial charge in [0.25, 0.3) is 0 Å². The van der Waals surface area contributed by atoms with Crippen LogP contribution >= 0.6 is 0 Å². The number of benzene rings is 1. The highest BCUT2D eigenvalue weighted by Crippen LogP contribution is 2.28. The Labute approximate surface area is 128 Å². The van der Waals surface area contributed by atoms with Gasteiger partial charge in [0.15, 0.2) is 0 Å². The standard InChI is InChI=1S/C16H26N2O2S/c1-12-9-15(11-17)10-16(14(12)3)21(19,20)18-8-6-4-5-7-13(18)2/h9-10,13H,4-8,11,17H2,1-3H3. The average molecular weight is 310 g/mol. The van der Waals surface area contributed by atoms with E-state index in [2.05, 4.69) is 0 Å². The normalized spacial score (nSPS) is 21.2. The zero-order valence-electron chi connectivity index (χ0n) is 13.2. The largest absolute Gasteiger partial charge is 0.326 e. The minimum atomic E-state index is -3.44. The third-order valence-electron chi connectivity index (χ3n) is 4.49. The molecule has 0 bridgehead atoms. The van der Waals surface area contributed by atoms with Gasteiger partial charge in [-0.15, -0.1) is 0 Å². The molecule has 1 aromatic rings. The molecule has 1 atom stereocenters.